The van der Waals surface area contributed by atoms with E-state index >= 15 is 0 Å². The largest absolute Gasteiger partial charge is 0.364 e. The summed E-state index contributed by atoms with van der Waals surface area (Å²) < 4.78 is 5.78. The Labute approximate surface area is 108 Å². The SMILES string of the molecule is CC(C)(C)SCCNC(=O)[C@@H]1CC[C@H](CN)O1. The van der Waals surface area contributed by atoms with E-state index in [9.17, 15) is 4.79 Å². The zero-order chi connectivity index (χ0) is 12.9. The Morgan fingerprint density at radius 2 is 2.18 bits per heavy atom. The minimum absolute atomic E-state index is 0.00968. The predicted molar refractivity (Wildman–Crippen MR) is 72.2 cm³/mol. The molecule has 1 fully saturated rings. The van der Waals surface area contributed by atoms with Crippen molar-refractivity contribution in [3.8, 4) is 0 Å². The molecule has 0 radical (unpaired) electrons. The van der Waals surface area contributed by atoms with E-state index in [0.29, 0.717) is 13.1 Å². The molecule has 0 saturated carbocycles. The number of nitrogens with two attached hydrogens (primary N) is 1. The summed E-state index contributed by atoms with van der Waals surface area (Å²) in [5, 5.41) is 2.92. The van der Waals surface area contributed by atoms with Crippen LogP contribution in [-0.2, 0) is 9.53 Å². The van der Waals surface area contributed by atoms with Gasteiger partial charge in [0.1, 0.15) is 6.10 Å². The van der Waals surface area contributed by atoms with Crippen LogP contribution in [0.5, 0.6) is 0 Å². The van der Waals surface area contributed by atoms with Gasteiger partial charge >= 0.3 is 0 Å². The molecule has 1 heterocycles. The van der Waals surface area contributed by atoms with Gasteiger partial charge in [-0.2, -0.15) is 11.8 Å². The zero-order valence-corrected chi connectivity index (χ0v) is 11.8. The molecule has 3 N–H and O–H groups in total. The van der Waals surface area contributed by atoms with E-state index in [-0.39, 0.29) is 22.9 Å². The quantitative estimate of drug-likeness (QED) is 0.728. The van der Waals surface area contributed by atoms with Crippen LogP contribution in [0.25, 0.3) is 0 Å². The molecular weight excluding hydrogens is 236 g/mol. The maximum Gasteiger partial charge on any atom is 0.249 e. The van der Waals surface area contributed by atoms with Gasteiger partial charge in [-0.15, -0.1) is 0 Å². The average molecular weight is 260 g/mol. The number of thioether (sulfide) groups is 1. The Balaban J connectivity index is 2.14. The maximum atomic E-state index is 11.7. The first kappa shape index (κ1) is 14.8. The van der Waals surface area contributed by atoms with E-state index in [4.69, 9.17) is 10.5 Å². The fraction of sp³-hybridized carbons (Fsp3) is 0.917. The Bertz CT molecular complexity index is 253. The molecule has 100 valence electrons. The summed E-state index contributed by atoms with van der Waals surface area (Å²) in [5.74, 6) is 0.942. The van der Waals surface area contributed by atoms with Gasteiger partial charge in [0, 0.05) is 23.6 Å². The maximum absolute atomic E-state index is 11.7. The predicted octanol–water partition coefficient (Wildman–Crippen LogP) is 1.14. The number of hydrogen-bond donors (Lipinski definition) is 2. The third kappa shape index (κ3) is 5.75. The van der Waals surface area contributed by atoms with E-state index in [0.717, 1.165) is 18.6 Å². The van der Waals surface area contributed by atoms with Crippen molar-refractivity contribution in [3.63, 3.8) is 0 Å². The summed E-state index contributed by atoms with van der Waals surface area (Å²) in [5.41, 5.74) is 5.51. The summed E-state index contributed by atoms with van der Waals surface area (Å²) in [6, 6.07) is 0. The van der Waals surface area contributed by atoms with Gasteiger partial charge in [0.25, 0.3) is 0 Å². The molecule has 0 unspecified atom stereocenters. The Kier molecular flexibility index (Phi) is 5.76. The lowest BCUT2D eigenvalue weighted by atomic mass is 10.2. The van der Waals surface area contributed by atoms with Gasteiger partial charge < -0.3 is 15.8 Å². The highest BCUT2D eigenvalue weighted by Crippen LogP contribution is 2.22. The molecular formula is C12H24N2O2S. The molecule has 0 aromatic heterocycles. The number of nitrogens with one attached hydrogen (secondary N) is 1. The van der Waals surface area contributed by atoms with Crippen molar-refractivity contribution in [1.82, 2.24) is 5.32 Å². The smallest absolute Gasteiger partial charge is 0.249 e. The van der Waals surface area contributed by atoms with Crippen LogP contribution in [0.1, 0.15) is 33.6 Å². The van der Waals surface area contributed by atoms with Crippen molar-refractivity contribution in [2.24, 2.45) is 5.73 Å². The summed E-state index contributed by atoms with van der Waals surface area (Å²) in [6.45, 7) is 7.72. The lowest BCUT2D eigenvalue weighted by molar-refractivity contribution is -0.131. The van der Waals surface area contributed by atoms with Crippen molar-refractivity contribution < 1.29 is 9.53 Å². The van der Waals surface area contributed by atoms with Gasteiger partial charge in [-0.25, -0.2) is 0 Å². The Morgan fingerprint density at radius 3 is 2.71 bits per heavy atom. The molecule has 4 nitrogen and oxygen atoms in total. The van der Waals surface area contributed by atoms with Gasteiger partial charge in [-0.05, 0) is 12.8 Å². The van der Waals surface area contributed by atoms with Crippen molar-refractivity contribution in [1.29, 1.82) is 0 Å². The fourth-order valence-electron chi connectivity index (χ4n) is 1.72. The van der Waals surface area contributed by atoms with E-state index in [2.05, 4.69) is 26.1 Å². The van der Waals surface area contributed by atoms with Crippen LogP contribution in [-0.4, -0.2) is 41.7 Å². The van der Waals surface area contributed by atoms with E-state index in [1.165, 1.54) is 0 Å². The van der Waals surface area contributed by atoms with Crippen molar-refractivity contribution in [2.45, 2.75) is 50.6 Å². The second-order valence-corrected chi connectivity index (χ2v) is 7.23. The molecule has 17 heavy (non-hydrogen) atoms. The van der Waals surface area contributed by atoms with Crippen molar-refractivity contribution >= 4 is 17.7 Å². The molecule has 1 saturated heterocycles. The minimum Gasteiger partial charge on any atom is -0.364 e. The highest BCUT2D eigenvalue weighted by molar-refractivity contribution is 8.00. The lowest BCUT2D eigenvalue weighted by Crippen LogP contribution is -2.36. The molecule has 0 aliphatic carbocycles. The Morgan fingerprint density at radius 1 is 1.47 bits per heavy atom. The number of ether oxygens (including phenoxy) is 1. The number of carbonyl (C=O) groups excluding carboxylic acids is 1. The molecule has 0 spiro atoms. The molecule has 0 aromatic carbocycles. The standard InChI is InChI=1S/C12H24N2O2S/c1-12(2,3)17-7-6-14-11(15)10-5-4-9(8-13)16-10/h9-10H,4-8,13H2,1-3H3,(H,14,15)/t9-,10+/m1/s1. The van der Waals surface area contributed by atoms with Crippen LogP contribution in [0.4, 0.5) is 0 Å². The molecule has 5 heteroatoms. The van der Waals surface area contributed by atoms with Crippen molar-refractivity contribution in [3.05, 3.63) is 0 Å². The first-order valence-corrected chi connectivity index (χ1v) is 7.18. The third-order valence-electron chi connectivity index (χ3n) is 2.60. The summed E-state index contributed by atoms with van der Waals surface area (Å²) in [7, 11) is 0. The molecule has 0 aromatic rings. The van der Waals surface area contributed by atoms with Gasteiger partial charge in [-0.1, -0.05) is 20.8 Å². The topological polar surface area (TPSA) is 64.4 Å². The molecule has 1 aliphatic rings. The average Bonchev–Trinajstić information content (AvgIpc) is 2.71. The molecule has 0 bridgehead atoms. The molecule has 1 rings (SSSR count). The molecule has 1 amide bonds. The van der Waals surface area contributed by atoms with E-state index < -0.39 is 0 Å². The van der Waals surface area contributed by atoms with E-state index in [1.807, 2.05) is 11.8 Å². The fourth-order valence-corrected chi connectivity index (χ4v) is 2.53. The van der Waals surface area contributed by atoms with Crippen LogP contribution in [0, 0.1) is 0 Å². The lowest BCUT2D eigenvalue weighted by Gasteiger charge is -2.18. The normalized spacial score (nSPS) is 24.9. The van der Waals surface area contributed by atoms with Crippen LogP contribution in [0.3, 0.4) is 0 Å². The summed E-state index contributed by atoms with van der Waals surface area (Å²) in [4.78, 5) is 11.7. The van der Waals surface area contributed by atoms with Crippen molar-refractivity contribution in [2.75, 3.05) is 18.8 Å². The summed E-state index contributed by atoms with van der Waals surface area (Å²) in [6.07, 6.45) is 1.46. The second kappa shape index (κ2) is 6.61. The molecule has 2 atom stereocenters. The summed E-state index contributed by atoms with van der Waals surface area (Å²) >= 11 is 1.85. The minimum atomic E-state index is -0.289. The van der Waals surface area contributed by atoms with Gasteiger partial charge in [0.15, 0.2) is 0 Å². The monoisotopic (exact) mass is 260 g/mol. The molecule has 1 aliphatic heterocycles. The van der Waals surface area contributed by atoms with Crippen LogP contribution in [0.2, 0.25) is 0 Å². The van der Waals surface area contributed by atoms with Gasteiger partial charge in [0.2, 0.25) is 5.91 Å². The second-order valence-electron chi connectivity index (χ2n) is 5.31. The third-order valence-corrected chi connectivity index (χ3v) is 3.87. The van der Waals surface area contributed by atoms with Crippen LogP contribution in [0.15, 0.2) is 0 Å². The Hall–Kier alpha value is -0.260. The van der Waals surface area contributed by atoms with E-state index in [1.54, 1.807) is 0 Å². The number of rotatable bonds is 5. The first-order valence-electron chi connectivity index (χ1n) is 6.19. The number of hydrogen-bond acceptors (Lipinski definition) is 4. The number of amides is 1. The number of carbonyl (C=O) groups is 1. The van der Waals surface area contributed by atoms with Crippen LogP contribution >= 0.6 is 11.8 Å². The van der Waals surface area contributed by atoms with Gasteiger partial charge in [0.05, 0.1) is 6.10 Å². The first-order chi connectivity index (χ1) is 7.92. The highest BCUT2D eigenvalue weighted by Gasteiger charge is 2.29. The van der Waals surface area contributed by atoms with Gasteiger partial charge in [-0.3, -0.25) is 4.79 Å². The zero-order valence-electron chi connectivity index (χ0n) is 11.0. The van der Waals surface area contributed by atoms with Crippen LogP contribution < -0.4 is 11.1 Å². The highest BCUT2D eigenvalue weighted by atomic mass is 32.2.